The number of carbonyl (C=O) groups is 1. The van der Waals surface area contributed by atoms with E-state index >= 15 is 0 Å². The summed E-state index contributed by atoms with van der Waals surface area (Å²) in [5.41, 5.74) is 3.94. The number of amides is 1. The van der Waals surface area contributed by atoms with E-state index in [2.05, 4.69) is 39.7 Å². The maximum atomic E-state index is 13.0. The number of nitrogens with zero attached hydrogens (tertiary/aromatic N) is 3. The topological polar surface area (TPSA) is 82.6 Å². The summed E-state index contributed by atoms with van der Waals surface area (Å²) >= 11 is 0. The molecule has 0 atom stereocenters. The van der Waals surface area contributed by atoms with Crippen molar-refractivity contribution in [3.63, 3.8) is 0 Å². The first-order chi connectivity index (χ1) is 17.4. The van der Waals surface area contributed by atoms with Gasteiger partial charge < -0.3 is 4.90 Å². The number of aromatic nitrogens is 1. The molecule has 1 aliphatic heterocycles. The summed E-state index contributed by atoms with van der Waals surface area (Å²) < 4.78 is 28.7. The van der Waals surface area contributed by atoms with Crippen LogP contribution in [-0.2, 0) is 16.6 Å². The summed E-state index contributed by atoms with van der Waals surface area (Å²) in [6.45, 7) is 5.96. The molecule has 0 saturated carbocycles. The number of fused-ring (bicyclic) bond motifs is 1. The van der Waals surface area contributed by atoms with Crippen LogP contribution in [0, 0.1) is 6.92 Å². The molecule has 36 heavy (non-hydrogen) atoms. The largest absolute Gasteiger partial charge is 0.336 e. The molecule has 1 amide bonds. The third-order valence-electron chi connectivity index (χ3n) is 6.58. The second-order valence-electron chi connectivity index (χ2n) is 9.01. The van der Waals surface area contributed by atoms with Gasteiger partial charge in [0, 0.05) is 55.6 Å². The Hall–Kier alpha value is -3.75. The first-order valence-corrected chi connectivity index (χ1v) is 13.4. The van der Waals surface area contributed by atoms with Crippen molar-refractivity contribution in [1.29, 1.82) is 0 Å². The zero-order valence-corrected chi connectivity index (χ0v) is 20.9. The number of nitrogens with one attached hydrogen (secondary N) is 1. The lowest BCUT2D eigenvalue weighted by atomic mass is 10.1. The van der Waals surface area contributed by atoms with E-state index in [0.29, 0.717) is 29.9 Å². The van der Waals surface area contributed by atoms with Crippen LogP contribution in [0.15, 0.2) is 90.0 Å². The third kappa shape index (κ3) is 5.10. The average Bonchev–Trinajstić information content (AvgIpc) is 2.90. The molecule has 1 aromatic heterocycles. The molecule has 0 radical (unpaired) electrons. The van der Waals surface area contributed by atoms with E-state index in [9.17, 15) is 13.2 Å². The number of para-hydroxylation sites is 1. The van der Waals surface area contributed by atoms with Crippen LogP contribution in [0.5, 0.6) is 0 Å². The molecule has 3 aromatic carbocycles. The highest BCUT2D eigenvalue weighted by molar-refractivity contribution is 7.93. The lowest BCUT2D eigenvalue weighted by Crippen LogP contribution is -2.48. The standard InChI is InChI=1S/C28H28N4O3S/c1-21-6-2-3-7-24(21)20-31-16-18-32(19-17-31)28(33)23-11-13-25(14-12-23)30-36(34,35)26-10-4-8-22-9-5-15-29-27(22)26/h2-15,30H,16-20H2,1H3. The fourth-order valence-corrected chi connectivity index (χ4v) is 5.74. The molecule has 5 rings (SSSR count). The zero-order valence-electron chi connectivity index (χ0n) is 20.1. The molecule has 0 unspecified atom stereocenters. The number of aryl methyl sites for hydroxylation is 1. The van der Waals surface area contributed by atoms with Gasteiger partial charge in [0.05, 0.1) is 5.52 Å². The highest BCUT2D eigenvalue weighted by Crippen LogP contribution is 2.24. The Morgan fingerprint density at radius 2 is 1.61 bits per heavy atom. The fourth-order valence-electron chi connectivity index (χ4n) is 4.50. The van der Waals surface area contributed by atoms with E-state index in [1.807, 2.05) is 23.1 Å². The van der Waals surface area contributed by atoms with Gasteiger partial charge in [0.15, 0.2) is 0 Å². The number of benzene rings is 3. The molecule has 2 heterocycles. The Kier molecular flexibility index (Phi) is 6.71. The van der Waals surface area contributed by atoms with Crippen molar-refractivity contribution in [3.8, 4) is 0 Å². The van der Waals surface area contributed by atoms with Crippen molar-refractivity contribution in [2.45, 2.75) is 18.4 Å². The third-order valence-corrected chi connectivity index (χ3v) is 8.00. The summed E-state index contributed by atoms with van der Waals surface area (Å²) in [6.07, 6.45) is 1.57. The second-order valence-corrected chi connectivity index (χ2v) is 10.7. The van der Waals surface area contributed by atoms with E-state index in [-0.39, 0.29) is 10.8 Å². The lowest BCUT2D eigenvalue weighted by Gasteiger charge is -2.35. The number of piperazine rings is 1. The number of carbonyl (C=O) groups excluding carboxylic acids is 1. The molecule has 0 aliphatic carbocycles. The first-order valence-electron chi connectivity index (χ1n) is 11.9. The normalized spacial score (nSPS) is 14.6. The van der Waals surface area contributed by atoms with Gasteiger partial charge in [-0.3, -0.25) is 19.4 Å². The van der Waals surface area contributed by atoms with Crippen LogP contribution >= 0.6 is 0 Å². The number of rotatable bonds is 6. The van der Waals surface area contributed by atoms with Crippen molar-refractivity contribution in [2.24, 2.45) is 0 Å². The van der Waals surface area contributed by atoms with E-state index in [1.165, 1.54) is 17.2 Å². The number of pyridine rings is 1. The molecule has 0 spiro atoms. The number of hydrogen-bond acceptors (Lipinski definition) is 5. The Balaban J connectivity index is 1.22. The molecule has 1 fully saturated rings. The minimum Gasteiger partial charge on any atom is -0.336 e. The Morgan fingerprint density at radius 3 is 2.36 bits per heavy atom. The first kappa shape index (κ1) is 24.0. The molecular weight excluding hydrogens is 472 g/mol. The molecule has 0 bridgehead atoms. The predicted molar refractivity (Wildman–Crippen MR) is 141 cm³/mol. The van der Waals surface area contributed by atoms with Crippen LogP contribution in [0.25, 0.3) is 10.9 Å². The van der Waals surface area contributed by atoms with Crippen molar-refractivity contribution in [3.05, 3.63) is 102 Å². The van der Waals surface area contributed by atoms with Gasteiger partial charge in [0.25, 0.3) is 15.9 Å². The predicted octanol–water partition coefficient (Wildman–Crippen LogP) is 4.30. The van der Waals surface area contributed by atoms with Gasteiger partial charge in [-0.1, -0.05) is 42.5 Å². The Bertz CT molecular complexity index is 1490. The van der Waals surface area contributed by atoms with Crippen LogP contribution < -0.4 is 4.72 Å². The summed E-state index contributed by atoms with van der Waals surface area (Å²) in [5.74, 6) is -0.0433. The highest BCUT2D eigenvalue weighted by Gasteiger charge is 2.23. The van der Waals surface area contributed by atoms with E-state index in [0.717, 1.165) is 25.0 Å². The molecule has 1 aliphatic rings. The lowest BCUT2D eigenvalue weighted by molar-refractivity contribution is 0.0628. The molecule has 1 N–H and O–H groups in total. The van der Waals surface area contributed by atoms with Crippen molar-refractivity contribution < 1.29 is 13.2 Å². The fraction of sp³-hybridized carbons (Fsp3) is 0.214. The number of anilines is 1. The minimum absolute atomic E-state index is 0.0433. The molecule has 184 valence electrons. The number of sulfonamides is 1. The van der Waals surface area contributed by atoms with Crippen LogP contribution in [0.4, 0.5) is 5.69 Å². The maximum Gasteiger partial charge on any atom is 0.264 e. The monoisotopic (exact) mass is 500 g/mol. The van der Waals surface area contributed by atoms with Crippen LogP contribution in [0.3, 0.4) is 0 Å². The van der Waals surface area contributed by atoms with Gasteiger partial charge >= 0.3 is 0 Å². The second kappa shape index (κ2) is 10.1. The van der Waals surface area contributed by atoms with Gasteiger partial charge in [-0.15, -0.1) is 0 Å². The Morgan fingerprint density at radius 1 is 0.889 bits per heavy atom. The summed E-state index contributed by atoms with van der Waals surface area (Å²) in [4.78, 5) is 21.6. The van der Waals surface area contributed by atoms with Gasteiger partial charge in [-0.05, 0) is 54.4 Å². The van der Waals surface area contributed by atoms with Gasteiger partial charge in [-0.2, -0.15) is 0 Å². The van der Waals surface area contributed by atoms with Gasteiger partial charge in [0.2, 0.25) is 0 Å². The molecule has 7 nitrogen and oxygen atoms in total. The van der Waals surface area contributed by atoms with Crippen LogP contribution in [0.1, 0.15) is 21.5 Å². The average molecular weight is 501 g/mol. The van der Waals surface area contributed by atoms with Crippen molar-refractivity contribution in [2.75, 3.05) is 30.9 Å². The maximum absolute atomic E-state index is 13.0. The number of hydrogen-bond donors (Lipinski definition) is 1. The zero-order chi connectivity index (χ0) is 25.1. The smallest absolute Gasteiger partial charge is 0.264 e. The summed E-state index contributed by atoms with van der Waals surface area (Å²) in [6, 6.07) is 23.6. The summed E-state index contributed by atoms with van der Waals surface area (Å²) in [7, 11) is -3.84. The molecule has 8 heteroatoms. The molecular formula is C28H28N4O3S. The summed E-state index contributed by atoms with van der Waals surface area (Å²) in [5, 5.41) is 0.750. The SMILES string of the molecule is Cc1ccccc1CN1CCN(C(=O)c2ccc(NS(=O)(=O)c3cccc4cccnc34)cc2)CC1. The van der Waals surface area contributed by atoms with Gasteiger partial charge in [-0.25, -0.2) is 8.42 Å². The Labute approximate surface area is 211 Å². The van der Waals surface area contributed by atoms with Crippen LogP contribution in [-0.4, -0.2) is 55.3 Å². The van der Waals surface area contributed by atoms with E-state index < -0.39 is 10.0 Å². The van der Waals surface area contributed by atoms with E-state index in [1.54, 1.807) is 42.6 Å². The van der Waals surface area contributed by atoms with Crippen LogP contribution in [0.2, 0.25) is 0 Å². The minimum atomic E-state index is -3.84. The van der Waals surface area contributed by atoms with Crippen molar-refractivity contribution >= 4 is 32.5 Å². The van der Waals surface area contributed by atoms with Crippen molar-refractivity contribution in [1.82, 2.24) is 14.8 Å². The molecule has 4 aromatic rings. The highest BCUT2D eigenvalue weighted by atomic mass is 32.2. The van der Waals surface area contributed by atoms with E-state index in [4.69, 9.17) is 0 Å². The van der Waals surface area contributed by atoms with Gasteiger partial charge in [0.1, 0.15) is 4.90 Å². The quantitative estimate of drug-likeness (QED) is 0.427. The molecule has 1 saturated heterocycles.